The van der Waals surface area contributed by atoms with Crippen molar-refractivity contribution in [1.29, 1.82) is 0 Å². The maximum absolute atomic E-state index is 9.20. The predicted octanol–water partition coefficient (Wildman–Crippen LogP) is 4.26. The molecule has 0 radical (unpaired) electrons. The van der Waals surface area contributed by atoms with Crippen LogP contribution in [-0.4, -0.2) is 10.1 Å². The third-order valence-corrected chi connectivity index (χ3v) is 3.79. The topological polar surface area (TPSA) is 33.1 Å². The molecule has 2 rings (SSSR count). The molecule has 2 nitrogen and oxygen atoms in total. The second-order valence-electron chi connectivity index (χ2n) is 2.99. The van der Waals surface area contributed by atoms with Gasteiger partial charge in [0, 0.05) is 5.56 Å². The second-order valence-corrected chi connectivity index (χ2v) is 5.47. The van der Waals surface area contributed by atoms with Gasteiger partial charge in [-0.1, -0.05) is 40.9 Å². The molecule has 1 N–H and O–H groups in total. The lowest BCUT2D eigenvalue weighted by Crippen LogP contribution is -1.87. The summed E-state index contributed by atoms with van der Waals surface area (Å²) in [6.45, 7) is -0.138. The zero-order valence-electron chi connectivity index (χ0n) is 7.88. The lowest BCUT2D eigenvalue weighted by atomic mass is 10.1. The van der Waals surface area contributed by atoms with Gasteiger partial charge in [0.2, 0.25) is 0 Å². The molecule has 0 unspecified atom stereocenters. The van der Waals surface area contributed by atoms with Crippen LogP contribution in [0, 0.1) is 0 Å². The van der Waals surface area contributed by atoms with E-state index in [1.165, 1.54) is 11.3 Å². The standard InChI is InChI=1S/C10H6Cl3NOS/c11-5-2-1-3-6(12)8(5)9-7(4-15)16-10(13)14-9/h1-3,15H,4H2. The van der Waals surface area contributed by atoms with Crippen LogP contribution in [0.3, 0.4) is 0 Å². The molecule has 16 heavy (non-hydrogen) atoms. The van der Waals surface area contributed by atoms with Gasteiger partial charge in [-0.15, -0.1) is 11.3 Å². The van der Waals surface area contributed by atoms with Gasteiger partial charge in [-0.05, 0) is 12.1 Å². The van der Waals surface area contributed by atoms with E-state index in [1.54, 1.807) is 18.2 Å². The SMILES string of the molecule is OCc1sc(Cl)nc1-c1c(Cl)cccc1Cl. The van der Waals surface area contributed by atoms with Crippen LogP contribution in [0.2, 0.25) is 14.5 Å². The summed E-state index contributed by atoms with van der Waals surface area (Å²) in [6.07, 6.45) is 0. The molecule has 0 amide bonds. The molecule has 0 aliphatic heterocycles. The van der Waals surface area contributed by atoms with Gasteiger partial charge in [0.15, 0.2) is 4.47 Å². The molecule has 0 atom stereocenters. The Morgan fingerprint density at radius 2 is 1.81 bits per heavy atom. The van der Waals surface area contributed by atoms with Gasteiger partial charge in [-0.25, -0.2) is 4.98 Å². The first-order valence-corrected chi connectivity index (χ1v) is 6.29. The van der Waals surface area contributed by atoms with E-state index in [9.17, 15) is 5.11 Å². The van der Waals surface area contributed by atoms with Crippen molar-refractivity contribution < 1.29 is 5.11 Å². The Kier molecular flexibility index (Phi) is 3.72. The Morgan fingerprint density at radius 1 is 1.19 bits per heavy atom. The average molecular weight is 295 g/mol. The highest BCUT2D eigenvalue weighted by Gasteiger charge is 2.16. The first kappa shape index (κ1) is 12.1. The molecule has 2 aromatic rings. The van der Waals surface area contributed by atoms with Crippen molar-refractivity contribution in [3.63, 3.8) is 0 Å². The van der Waals surface area contributed by atoms with Gasteiger partial charge < -0.3 is 5.11 Å². The predicted molar refractivity (Wildman–Crippen MR) is 68.5 cm³/mol. The van der Waals surface area contributed by atoms with Gasteiger partial charge in [0.1, 0.15) is 0 Å². The molecule has 6 heteroatoms. The Bertz CT molecular complexity index is 507. The summed E-state index contributed by atoms with van der Waals surface area (Å²) in [5.41, 5.74) is 1.16. The molecule has 0 saturated heterocycles. The van der Waals surface area contributed by atoms with Crippen LogP contribution in [-0.2, 0) is 6.61 Å². The van der Waals surface area contributed by atoms with E-state index in [-0.39, 0.29) is 6.61 Å². The number of thiazole rings is 1. The van der Waals surface area contributed by atoms with Gasteiger partial charge in [0.05, 0.1) is 27.2 Å². The summed E-state index contributed by atoms with van der Waals surface area (Å²) in [4.78, 5) is 4.78. The monoisotopic (exact) mass is 293 g/mol. The molecule has 0 aliphatic carbocycles. The van der Waals surface area contributed by atoms with E-state index in [0.29, 0.717) is 30.6 Å². The van der Waals surface area contributed by atoms with E-state index < -0.39 is 0 Å². The lowest BCUT2D eigenvalue weighted by molar-refractivity contribution is 0.286. The molecule has 1 aromatic heterocycles. The highest BCUT2D eigenvalue weighted by atomic mass is 35.5. The number of halogens is 3. The van der Waals surface area contributed by atoms with E-state index in [4.69, 9.17) is 34.8 Å². The minimum atomic E-state index is -0.138. The highest BCUT2D eigenvalue weighted by Crippen LogP contribution is 2.38. The van der Waals surface area contributed by atoms with Gasteiger partial charge >= 0.3 is 0 Å². The first-order valence-electron chi connectivity index (χ1n) is 4.34. The number of nitrogens with zero attached hydrogens (tertiary/aromatic N) is 1. The van der Waals surface area contributed by atoms with E-state index >= 15 is 0 Å². The van der Waals surface area contributed by atoms with Gasteiger partial charge in [0.25, 0.3) is 0 Å². The van der Waals surface area contributed by atoms with Crippen LogP contribution in [0.1, 0.15) is 4.88 Å². The highest BCUT2D eigenvalue weighted by molar-refractivity contribution is 7.16. The fourth-order valence-corrected chi connectivity index (χ4v) is 2.94. The first-order chi connectivity index (χ1) is 7.63. The third-order valence-electron chi connectivity index (χ3n) is 2.01. The zero-order valence-corrected chi connectivity index (χ0v) is 11.0. The number of rotatable bonds is 2. The number of aromatic nitrogens is 1. The molecule has 84 valence electrons. The summed E-state index contributed by atoms with van der Waals surface area (Å²) in [6, 6.07) is 5.19. The molecule has 0 aliphatic rings. The van der Waals surface area contributed by atoms with Crippen molar-refractivity contribution in [2.24, 2.45) is 0 Å². The number of benzene rings is 1. The van der Waals surface area contributed by atoms with Crippen LogP contribution >= 0.6 is 46.1 Å². The Hall–Kier alpha value is -0.320. The van der Waals surface area contributed by atoms with Crippen molar-refractivity contribution >= 4 is 46.1 Å². The fraction of sp³-hybridized carbons (Fsp3) is 0.100. The summed E-state index contributed by atoms with van der Waals surface area (Å²) < 4.78 is 0.357. The van der Waals surface area contributed by atoms with Crippen LogP contribution in [0.25, 0.3) is 11.3 Å². The zero-order chi connectivity index (χ0) is 11.7. The summed E-state index contributed by atoms with van der Waals surface area (Å²) in [5.74, 6) is 0. The summed E-state index contributed by atoms with van der Waals surface area (Å²) in [5, 5.41) is 10.2. The second kappa shape index (κ2) is 4.90. The maximum Gasteiger partial charge on any atom is 0.184 e. The molecule has 1 heterocycles. The number of hydrogen-bond acceptors (Lipinski definition) is 3. The minimum Gasteiger partial charge on any atom is -0.391 e. The van der Waals surface area contributed by atoms with Crippen molar-refractivity contribution in [2.75, 3.05) is 0 Å². The lowest BCUT2D eigenvalue weighted by Gasteiger charge is -2.05. The van der Waals surface area contributed by atoms with Crippen LogP contribution in [0.5, 0.6) is 0 Å². The van der Waals surface area contributed by atoms with Crippen molar-refractivity contribution in [3.8, 4) is 11.3 Å². The minimum absolute atomic E-state index is 0.138. The Morgan fingerprint density at radius 3 is 2.38 bits per heavy atom. The summed E-state index contributed by atoms with van der Waals surface area (Å²) in [7, 11) is 0. The Balaban J connectivity index is 2.66. The van der Waals surface area contributed by atoms with Crippen LogP contribution < -0.4 is 0 Å². The largest absolute Gasteiger partial charge is 0.391 e. The molecule has 0 saturated carbocycles. The number of aliphatic hydroxyl groups is 1. The summed E-state index contributed by atoms with van der Waals surface area (Å²) >= 11 is 19.1. The van der Waals surface area contributed by atoms with E-state index in [1.807, 2.05) is 0 Å². The van der Waals surface area contributed by atoms with Gasteiger partial charge in [-0.3, -0.25) is 0 Å². The van der Waals surface area contributed by atoms with E-state index in [2.05, 4.69) is 4.98 Å². The molecule has 1 aromatic carbocycles. The van der Waals surface area contributed by atoms with Crippen LogP contribution in [0.15, 0.2) is 18.2 Å². The molecule has 0 spiro atoms. The van der Waals surface area contributed by atoms with Gasteiger partial charge in [-0.2, -0.15) is 0 Å². The molecule has 0 fully saturated rings. The maximum atomic E-state index is 9.20. The van der Waals surface area contributed by atoms with E-state index in [0.717, 1.165) is 0 Å². The molecule has 0 bridgehead atoms. The molecular weight excluding hydrogens is 289 g/mol. The normalized spacial score (nSPS) is 10.8. The average Bonchev–Trinajstić information content (AvgIpc) is 2.59. The van der Waals surface area contributed by atoms with Crippen molar-refractivity contribution in [2.45, 2.75) is 6.61 Å². The third kappa shape index (κ3) is 2.19. The van der Waals surface area contributed by atoms with Crippen LogP contribution in [0.4, 0.5) is 0 Å². The smallest absolute Gasteiger partial charge is 0.184 e. The molecular formula is C10H6Cl3NOS. The number of aliphatic hydroxyl groups excluding tert-OH is 1. The van der Waals surface area contributed by atoms with Crippen molar-refractivity contribution in [1.82, 2.24) is 4.98 Å². The van der Waals surface area contributed by atoms with Crippen molar-refractivity contribution in [3.05, 3.63) is 37.6 Å². The quantitative estimate of drug-likeness (QED) is 0.897. The Labute approximate surface area is 111 Å². The number of hydrogen-bond donors (Lipinski definition) is 1. The fourth-order valence-electron chi connectivity index (χ4n) is 1.35.